The van der Waals surface area contributed by atoms with Gasteiger partial charge in [0.25, 0.3) is 12.4 Å². The van der Waals surface area contributed by atoms with Crippen LogP contribution in [0.3, 0.4) is 0 Å². The number of halogens is 2. The summed E-state index contributed by atoms with van der Waals surface area (Å²) in [6.45, 7) is 0.173. The fourth-order valence-corrected chi connectivity index (χ4v) is 3.80. The van der Waals surface area contributed by atoms with Crippen LogP contribution >= 0.6 is 0 Å². The van der Waals surface area contributed by atoms with Gasteiger partial charge in [-0.05, 0) is 73.2 Å². The van der Waals surface area contributed by atoms with E-state index in [0.717, 1.165) is 37.8 Å². The van der Waals surface area contributed by atoms with E-state index in [2.05, 4.69) is 5.32 Å². The number of hydrogen-bond acceptors (Lipinski definition) is 4. The molecule has 1 fully saturated rings. The van der Waals surface area contributed by atoms with Crippen molar-refractivity contribution >= 4 is 18.1 Å². The van der Waals surface area contributed by atoms with Gasteiger partial charge in [0.1, 0.15) is 28.8 Å². The van der Waals surface area contributed by atoms with Crippen molar-refractivity contribution in [3.05, 3.63) is 77.9 Å². The molecule has 1 saturated carbocycles. The normalized spacial score (nSPS) is 13.6. The molecule has 0 heterocycles. The third kappa shape index (κ3) is 4.77. The van der Waals surface area contributed by atoms with Crippen LogP contribution in [0.4, 0.5) is 14.5 Å². The van der Waals surface area contributed by atoms with Crippen molar-refractivity contribution in [1.29, 1.82) is 0 Å². The van der Waals surface area contributed by atoms with Gasteiger partial charge in [0.15, 0.2) is 0 Å². The van der Waals surface area contributed by atoms with Crippen molar-refractivity contribution in [2.45, 2.75) is 31.8 Å². The minimum atomic E-state index is -0.927. The first-order valence-electron chi connectivity index (χ1n) is 10.3. The zero-order valence-corrected chi connectivity index (χ0v) is 17.1. The van der Waals surface area contributed by atoms with Gasteiger partial charge in [-0.2, -0.15) is 0 Å². The van der Waals surface area contributed by atoms with Crippen molar-refractivity contribution in [1.82, 2.24) is 0 Å². The maximum Gasteiger partial charge on any atom is 0.298 e. The van der Waals surface area contributed by atoms with Gasteiger partial charge in [-0.25, -0.2) is 8.78 Å². The first kappa shape index (κ1) is 21.5. The number of anilines is 1. The number of benzene rings is 3. The summed E-state index contributed by atoms with van der Waals surface area (Å²) in [4.78, 5) is 23.1. The zero-order chi connectivity index (χ0) is 22.5. The largest absolute Gasteiger partial charge is 0.490 e. The summed E-state index contributed by atoms with van der Waals surface area (Å²) in [7, 11) is 0. The van der Waals surface area contributed by atoms with Crippen LogP contribution in [0.2, 0.25) is 0 Å². The van der Waals surface area contributed by atoms with Crippen molar-refractivity contribution in [3.63, 3.8) is 0 Å². The van der Waals surface area contributed by atoms with Crippen LogP contribution in [0.1, 0.15) is 36.0 Å². The summed E-state index contributed by atoms with van der Waals surface area (Å²) in [5.74, 6) is -2.02. The molecule has 3 aromatic rings. The van der Waals surface area contributed by atoms with Crippen LogP contribution in [0, 0.1) is 11.6 Å². The molecule has 1 amide bonds. The fraction of sp³-hybridized carbons (Fsp3) is 0.200. The SMILES string of the molecule is O=COc1ccccc1C(=O)Nc1c(F)cc(-c2cccc(OC3CCCC3)c2)cc1F. The van der Waals surface area contributed by atoms with Gasteiger partial charge in [-0.15, -0.1) is 0 Å². The lowest BCUT2D eigenvalue weighted by atomic mass is 10.0. The summed E-state index contributed by atoms with van der Waals surface area (Å²) < 4.78 is 40.3. The first-order valence-corrected chi connectivity index (χ1v) is 10.3. The highest BCUT2D eigenvalue weighted by Crippen LogP contribution is 2.31. The summed E-state index contributed by atoms with van der Waals surface area (Å²) in [6.07, 6.45) is 4.45. The fourth-order valence-electron chi connectivity index (χ4n) is 3.80. The van der Waals surface area contributed by atoms with Crippen LogP contribution in [0.5, 0.6) is 11.5 Å². The molecule has 3 aromatic carbocycles. The zero-order valence-electron chi connectivity index (χ0n) is 17.1. The predicted molar refractivity (Wildman–Crippen MR) is 116 cm³/mol. The minimum Gasteiger partial charge on any atom is -0.490 e. The van der Waals surface area contributed by atoms with Crippen molar-refractivity contribution in [2.75, 3.05) is 5.32 Å². The molecule has 164 valence electrons. The minimum absolute atomic E-state index is 0.0171. The molecule has 1 aliphatic carbocycles. The Morgan fingerprint density at radius 2 is 1.66 bits per heavy atom. The second kappa shape index (κ2) is 9.60. The molecule has 0 atom stereocenters. The highest BCUT2D eigenvalue weighted by Gasteiger charge is 2.19. The van der Waals surface area contributed by atoms with E-state index in [9.17, 15) is 18.4 Å². The van der Waals surface area contributed by atoms with E-state index >= 15 is 0 Å². The lowest BCUT2D eigenvalue weighted by molar-refractivity contribution is -0.120. The second-order valence-electron chi connectivity index (χ2n) is 7.53. The molecule has 0 bridgehead atoms. The Bertz CT molecular complexity index is 1120. The summed E-state index contributed by atoms with van der Waals surface area (Å²) in [6, 6.07) is 15.3. The Morgan fingerprint density at radius 1 is 0.938 bits per heavy atom. The van der Waals surface area contributed by atoms with E-state index in [1.807, 2.05) is 6.07 Å². The van der Waals surface area contributed by atoms with Crippen LogP contribution in [-0.4, -0.2) is 18.5 Å². The summed E-state index contributed by atoms with van der Waals surface area (Å²) in [5, 5.41) is 2.22. The van der Waals surface area contributed by atoms with Crippen LogP contribution in [-0.2, 0) is 4.79 Å². The van der Waals surface area contributed by atoms with E-state index in [1.54, 1.807) is 30.3 Å². The van der Waals surface area contributed by atoms with Crippen LogP contribution in [0.15, 0.2) is 60.7 Å². The average Bonchev–Trinajstić information content (AvgIpc) is 3.30. The monoisotopic (exact) mass is 437 g/mol. The second-order valence-corrected chi connectivity index (χ2v) is 7.53. The van der Waals surface area contributed by atoms with E-state index in [1.165, 1.54) is 12.1 Å². The van der Waals surface area contributed by atoms with Gasteiger partial charge in [0.2, 0.25) is 0 Å². The van der Waals surface area contributed by atoms with Gasteiger partial charge >= 0.3 is 0 Å². The Labute approximate surface area is 184 Å². The topological polar surface area (TPSA) is 64.6 Å². The van der Waals surface area contributed by atoms with Gasteiger partial charge in [-0.1, -0.05) is 24.3 Å². The van der Waals surface area contributed by atoms with Gasteiger partial charge in [-0.3, -0.25) is 9.59 Å². The molecule has 1 N–H and O–H groups in total. The third-order valence-electron chi connectivity index (χ3n) is 5.36. The number of nitrogens with one attached hydrogen (secondary N) is 1. The number of amides is 1. The summed E-state index contributed by atoms with van der Waals surface area (Å²) >= 11 is 0. The number of para-hydroxylation sites is 1. The molecule has 0 aromatic heterocycles. The number of carbonyl (C=O) groups excluding carboxylic acids is 2. The molecule has 0 unspecified atom stereocenters. The number of carbonyl (C=O) groups is 2. The molecule has 7 heteroatoms. The van der Waals surface area contributed by atoms with Gasteiger partial charge < -0.3 is 14.8 Å². The molecular formula is C25H21F2NO4. The molecular weight excluding hydrogens is 416 g/mol. The third-order valence-corrected chi connectivity index (χ3v) is 5.36. The summed E-state index contributed by atoms with van der Waals surface area (Å²) in [5.41, 5.74) is 0.303. The van der Waals surface area contributed by atoms with Gasteiger partial charge in [0, 0.05) is 0 Å². The van der Waals surface area contributed by atoms with Crippen molar-refractivity contribution in [2.24, 2.45) is 0 Å². The van der Waals surface area contributed by atoms with Crippen LogP contribution < -0.4 is 14.8 Å². The average molecular weight is 437 g/mol. The predicted octanol–water partition coefficient (Wildman–Crippen LogP) is 5.74. The molecule has 5 nitrogen and oxygen atoms in total. The Kier molecular flexibility index (Phi) is 6.44. The number of ether oxygens (including phenoxy) is 2. The maximum absolute atomic E-state index is 14.8. The Hall–Kier alpha value is -3.74. The maximum atomic E-state index is 14.8. The Balaban J connectivity index is 1.56. The molecule has 0 spiro atoms. The van der Waals surface area contributed by atoms with E-state index in [-0.39, 0.29) is 23.9 Å². The standard InChI is InChI=1S/C25H21F2NO4/c26-21-13-17(16-6-5-9-19(12-16)32-18-7-1-2-8-18)14-22(27)24(21)28-25(30)20-10-3-4-11-23(20)31-15-29/h3-6,9-15,18H,1-2,7-8H2,(H,28,30). The molecule has 4 rings (SSSR count). The number of hydrogen-bond donors (Lipinski definition) is 1. The first-order chi connectivity index (χ1) is 15.5. The molecule has 1 aliphatic rings. The molecule has 0 aliphatic heterocycles. The van der Waals surface area contributed by atoms with Crippen LogP contribution in [0.25, 0.3) is 11.1 Å². The lowest BCUT2D eigenvalue weighted by Gasteiger charge is -2.15. The van der Waals surface area contributed by atoms with Crippen molar-refractivity contribution in [3.8, 4) is 22.6 Å². The molecule has 32 heavy (non-hydrogen) atoms. The van der Waals surface area contributed by atoms with Crippen molar-refractivity contribution < 1.29 is 27.8 Å². The van der Waals surface area contributed by atoms with E-state index < -0.39 is 23.2 Å². The highest BCUT2D eigenvalue weighted by molar-refractivity contribution is 6.06. The smallest absolute Gasteiger partial charge is 0.298 e. The van der Waals surface area contributed by atoms with E-state index in [4.69, 9.17) is 9.47 Å². The quantitative estimate of drug-likeness (QED) is 0.479. The molecule has 0 radical (unpaired) electrons. The van der Waals surface area contributed by atoms with Gasteiger partial charge in [0.05, 0.1) is 11.7 Å². The van der Waals surface area contributed by atoms with E-state index in [0.29, 0.717) is 16.9 Å². The molecule has 0 saturated heterocycles. The number of rotatable bonds is 7. The highest BCUT2D eigenvalue weighted by atomic mass is 19.1. The lowest BCUT2D eigenvalue weighted by Crippen LogP contribution is -2.15. The Morgan fingerprint density at radius 3 is 2.38 bits per heavy atom.